The molecule has 2 aliphatic heterocycles. The van der Waals surface area contributed by atoms with Gasteiger partial charge >= 0.3 is 150 Å². The van der Waals surface area contributed by atoms with Gasteiger partial charge in [0.25, 0.3) is 0 Å². The van der Waals surface area contributed by atoms with E-state index in [4.69, 9.17) is 71.5 Å². The van der Waals surface area contributed by atoms with Crippen LogP contribution in [-0.2, 0) is 84.3 Å². The molecule has 30 nitrogen and oxygen atoms in total. The topological polar surface area (TPSA) is 430 Å². The van der Waals surface area contributed by atoms with Gasteiger partial charge in [-0.25, -0.2) is 19.7 Å². The maximum absolute atomic E-state index is 13.6. The zero-order valence-corrected chi connectivity index (χ0v) is 62.6. The number of esters is 5. The Bertz CT molecular complexity index is 3560. The third kappa shape index (κ3) is 18.8. The Kier molecular flexibility index (Phi) is 31.2. The van der Waals surface area contributed by atoms with Crippen LogP contribution < -0.4 is 88.7 Å². The van der Waals surface area contributed by atoms with E-state index in [0.29, 0.717) is 34.7 Å². The number of aliphatic hydroxyl groups excluding tert-OH is 1. The second-order valence-corrected chi connectivity index (χ2v) is 26.9. The van der Waals surface area contributed by atoms with Crippen molar-refractivity contribution in [2.75, 3.05) is 0 Å². The Morgan fingerprint density at radius 2 is 0.850 bits per heavy atom. The van der Waals surface area contributed by atoms with Gasteiger partial charge in [-0.3, -0.25) is 42.5 Å². The van der Waals surface area contributed by atoms with Crippen molar-refractivity contribution < 1.29 is 225 Å². The van der Waals surface area contributed by atoms with E-state index in [1.54, 1.807) is 24.8 Å². The molecule has 14 fully saturated rings. The Morgan fingerprint density at radius 3 is 1.17 bits per heavy atom. The zero-order chi connectivity index (χ0) is 71.3. The first-order valence-corrected chi connectivity index (χ1v) is 33.6. The number of carboxylic acids is 1. The van der Waals surface area contributed by atoms with Crippen molar-refractivity contribution in [3.05, 3.63) is 75.4 Å². The number of aromatic nitrogens is 6. The Hall–Kier alpha value is -5.20. The summed E-state index contributed by atoms with van der Waals surface area (Å²) in [5.74, 6) is -5.15. The molecule has 12 saturated carbocycles. The fraction of sp³-hybridized carbons (Fsp3) is 0.655. The average molecular weight is 1510 g/mol. The van der Waals surface area contributed by atoms with Gasteiger partial charge in [0, 0.05) is 80.1 Å². The third-order valence-corrected chi connectivity index (χ3v) is 21.3. The summed E-state index contributed by atoms with van der Waals surface area (Å²) in [6.07, 6.45) is 17.1. The minimum atomic E-state index is -3.11. The molecule has 3 aromatic heterocycles. The molecule has 12 bridgehead atoms. The quantitative estimate of drug-likeness (QED) is 0.0637. The number of hydrogen-bond acceptors (Lipinski definition) is 26. The summed E-state index contributed by atoms with van der Waals surface area (Å²) in [6.45, 7) is 4.23. The zero-order valence-electron chi connectivity index (χ0n) is 54.2. The average Bonchev–Trinajstić information content (AvgIpc) is 1.31. The van der Waals surface area contributed by atoms with Crippen molar-refractivity contribution in [2.45, 2.75) is 139 Å². The molecule has 2 saturated heterocycles. The molecule has 12 atom stereocenters. The van der Waals surface area contributed by atoms with E-state index in [1.165, 1.54) is 66.5 Å². The minimum absolute atomic E-state index is 0. The SMILES string of the molecule is CCC1(OC(=O)C2C3CC4C(OC(=O)C42)C3O)C2CC3CC(C2)CC1C3.CCC1(OC(=O)C2C3CC4C(OC(=O)C42)C3OC(=O)[C-](F)F)C2CC3CC(C2)CC1C3.O=C(O)[C-](F)F.O=C([C-](F)F)n1ccnc1.O=C(n1ccnc1)n1ccnc1.O=S(=O)=O.O=S(=O)=O.O=S(=O)=O.[Na+].[Na+].[Na+]. The van der Waals surface area contributed by atoms with E-state index < -0.39 is 128 Å². The number of carbonyl (C=O) groups excluding carboxylic acids is 7. The molecule has 12 unspecified atom stereocenters. The molecule has 0 radical (unpaired) electrons. The number of halogens is 6. The van der Waals surface area contributed by atoms with Crippen LogP contribution in [0.5, 0.6) is 0 Å². The first kappa shape index (κ1) is 85.4. The molecule has 5 heterocycles. The van der Waals surface area contributed by atoms with Crippen molar-refractivity contribution in [3.8, 4) is 0 Å². The molecular weight excluding hydrogens is 1440 g/mol. The molecule has 0 amide bonds. The van der Waals surface area contributed by atoms with Crippen LogP contribution in [0.25, 0.3) is 0 Å². The molecule has 534 valence electrons. The van der Waals surface area contributed by atoms with Crippen molar-refractivity contribution in [2.24, 2.45) is 94.7 Å². The van der Waals surface area contributed by atoms with Crippen molar-refractivity contribution in [1.82, 2.24) is 28.7 Å². The minimum Gasteiger partial charge on any atom is -0.500 e. The van der Waals surface area contributed by atoms with Crippen LogP contribution >= 0.6 is 0 Å². The molecule has 3 aromatic rings. The van der Waals surface area contributed by atoms with Crippen LogP contribution in [0.2, 0.25) is 0 Å². The third-order valence-electron chi connectivity index (χ3n) is 21.3. The molecule has 2 N–H and O–H groups in total. The molecular formula is C58H65F6N6Na3O24S3. The Morgan fingerprint density at radius 1 is 0.520 bits per heavy atom. The monoisotopic (exact) mass is 1510 g/mol. The summed E-state index contributed by atoms with van der Waals surface area (Å²) < 4.78 is 177. The molecule has 42 heteroatoms. The molecule has 0 aromatic carbocycles. The van der Waals surface area contributed by atoms with Gasteiger partial charge in [0.05, 0.1) is 36.1 Å². The summed E-state index contributed by atoms with van der Waals surface area (Å²) in [4.78, 5) is 105. The summed E-state index contributed by atoms with van der Waals surface area (Å²) in [5, 5.41) is 17.7. The Labute approximate surface area is 637 Å². The molecule has 12 aliphatic carbocycles. The van der Waals surface area contributed by atoms with Gasteiger partial charge in [-0.05, 0) is 137 Å². The van der Waals surface area contributed by atoms with Crippen LogP contribution in [-0.4, -0.2) is 160 Å². The van der Waals surface area contributed by atoms with Crippen LogP contribution in [0.1, 0.15) is 109 Å². The smallest absolute Gasteiger partial charge is 0.500 e. The van der Waals surface area contributed by atoms with E-state index >= 15 is 0 Å². The van der Waals surface area contributed by atoms with E-state index in [1.807, 2.05) is 0 Å². The van der Waals surface area contributed by atoms with Gasteiger partial charge in [-0.2, -0.15) is 0 Å². The molecule has 100 heavy (non-hydrogen) atoms. The number of aliphatic hydroxyl groups is 1. The van der Waals surface area contributed by atoms with Crippen LogP contribution in [0.4, 0.5) is 31.1 Å². The van der Waals surface area contributed by atoms with Crippen LogP contribution in [0.3, 0.4) is 0 Å². The van der Waals surface area contributed by atoms with Gasteiger partial charge < -0.3 is 65.0 Å². The van der Waals surface area contributed by atoms with Gasteiger partial charge in [0.2, 0.25) is 11.9 Å². The summed E-state index contributed by atoms with van der Waals surface area (Å²) >= 11 is 0. The van der Waals surface area contributed by atoms with Gasteiger partial charge in [0.1, 0.15) is 42.2 Å². The summed E-state index contributed by atoms with van der Waals surface area (Å²) in [5.41, 5.74) is -0.835. The second-order valence-electron chi connectivity index (χ2n) is 25.7. The van der Waals surface area contributed by atoms with E-state index in [2.05, 4.69) is 28.8 Å². The predicted molar refractivity (Wildman–Crippen MR) is 302 cm³/mol. The van der Waals surface area contributed by atoms with Gasteiger partial charge in [-0.1, -0.05) is 13.8 Å². The predicted octanol–water partition coefficient (Wildman–Crippen LogP) is -4.37. The number of hydrogen-bond donors (Lipinski definition) is 2. The number of carboxylic acid groups (broad SMARTS) is 1. The fourth-order valence-electron chi connectivity index (χ4n) is 18.4. The maximum Gasteiger partial charge on any atom is 1.00 e. The van der Waals surface area contributed by atoms with Gasteiger partial charge in [-0.15, -0.1) is 37.9 Å². The van der Waals surface area contributed by atoms with E-state index in [0.717, 1.165) is 81.1 Å². The first-order valence-electron chi connectivity index (χ1n) is 30.6. The largest absolute Gasteiger partial charge is 1.00 e. The number of imidazole rings is 3. The summed E-state index contributed by atoms with van der Waals surface area (Å²) in [7, 11) is -9.33. The molecule has 17 rings (SSSR count). The molecule has 0 spiro atoms. The standard InChI is InChI=1S/C23H27F2O6.C21H28O5.C7H6N4O.C5H3F2N2O.C2HF2O2.3Na.3O3S/c1-2-23(11-4-9-3-10(6-11)7-12(23)5-9)31-21(27)16-14-8-13-15(16)20(26)29-17(13)18(14)30-22(28)19(24)25;1-2-21(11-4-9-3-10(6-11)7-12(21)5-9)26-20(24)15-13-8-14-16(15)19(23)25-18(14)17(13)22;12-7(10-3-1-8-5-10)11-4-2-9-6-11;6-4(7)5(10)9-2-1-8-3-9;3-1(4)2(5)6;;;;3*1-4(2)3/h9-18H,2-8H2,1H3;9-18,22H,2-8H2,1H3;1-6H;1-3H;(H,5,6);;;;;;/q-1;;;2*-1;3*+1;;;. The maximum atomic E-state index is 13.6. The van der Waals surface area contributed by atoms with Crippen LogP contribution in [0.15, 0.2) is 56.2 Å². The van der Waals surface area contributed by atoms with Gasteiger partial charge in [0.15, 0.2) is 5.91 Å². The number of aliphatic carboxylic acids is 1. The number of fused-ring (bicyclic) bond motifs is 2. The fourth-order valence-corrected chi connectivity index (χ4v) is 18.4. The van der Waals surface area contributed by atoms with E-state index in [-0.39, 0.29) is 142 Å². The van der Waals surface area contributed by atoms with Crippen molar-refractivity contribution in [3.63, 3.8) is 0 Å². The van der Waals surface area contributed by atoms with Crippen molar-refractivity contribution in [1.29, 1.82) is 0 Å². The second kappa shape index (κ2) is 36.5. The van der Waals surface area contributed by atoms with Crippen LogP contribution in [0, 0.1) is 114 Å². The number of carbonyl (C=O) groups is 8. The number of ether oxygens (including phenoxy) is 5. The number of nitrogens with zero attached hydrogens (tertiary/aromatic N) is 6. The molecule has 14 aliphatic rings. The summed E-state index contributed by atoms with van der Waals surface area (Å²) in [6, 6.07) is -0.190. The van der Waals surface area contributed by atoms with Crippen molar-refractivity contribution >= 4 is 79.6 Å². The normalized spacial score (nSPS) is 34.1. The Balaban J connectivity index is 0.000000233. The van der Waals surface area contributed by atoms with E-state index in [9.17, 15) is 65.0 Å². The first-order chi connectivity index (χ1) is 45.8. The number of rotatable bonds is 10.